The molecule has 2 aliphatic rings. The zero-order valence-electron chi connectivity index (χ0n) is 11.5. The Bertz CT molecular complexity index is 225. The zero-order chi connectivity index (χ0) is 12.3. The van der Waals surface area contributed by atoms with Crippen molar-refractivity contribution < 1.29 is 5.11 Å². The predicted molar refractivity (Wildman–Crippen MR) is 72.0 cm³/mol. The number of rotatable bonds is 6. The van der Waals surface area contributed by atoms with Crippen molar-refractivity contribution in [3.63, 3.8) is 0 Å². The van der Waals surface area contributed by atoms with Crippen LogP contribution >= 0.6 is 0 Å². The third-order valence-corrected chi connectivity index (χ3v) is 4.81. The maximum Gasteiger partial charge on any atom is 0.0462 e. The van der Waals surface area contributed by atoms with Crippen LogP contribution in [0.15, 0.2) is 0 Å². The average molecular weight is 239 g/mol. The fourth-order valence-electron chi connectivity index (χ4n) is 3.13. The minimum atomic E-state index is 0.386. The maximum atomic E-state index is 9.56. The molecular weight excluding hydrogens is 210 g/mol. The van der Waals surface area contributed by atoms with Crippen LogP contribution in [0.4, 0.5) is 0 Å². The molecule has 2 nitrogen and oxygen atoms in total. The summed E-state index contributed by atoms with van der Waals surface area (Å²) < 4.78 is 0. The van der Waals surface area contributed by atoms with Crippen LogP contribution in [0.25, 0.3) is 0 Å². The lowest BCUT2D eigenvalue weighted by Gasteiger charge is -2.37. The van der Waals surface area contributed by atoms with Gasteiger partial charge in [-0.2, -0.15) is 0 Å². The summed E-state index contributed by atoms with van der Waals surface area (Å²) >= 11 is 0. The largest absolute Gasteiger partial charge is 0.396 e. The van der Waals surface area contributed by atoms with Crippen molar-refractivity contribution in [2.24, 2.45) is 17.3 Å². The molecular formula is C15H29NO. The highest BCUT2D eigenvalue weighted by atomic mass is 16.3. The molecule has 0 amide bonds. The van der Waals surface area contributed by atoms with Crippen LogP contribution in [-0.4, -0.2) is 24.3 Å². The first-order valence-corrected chi connectivity index (χ1v) is 7.45. The second kappa shape index (κ2) is 5.71. The molecule has 0 aliphatic heterocycles. The van der Waals surface area contributed by atoms with Crippen molar-refractivity contribution in [2.75, 3.05) is 13.2 Å². The highest BCUT2D eigenvalue weighted by molar-refractivity contribution is 4.84. The smallest absolute Gasteiger partial charge is 0.0462 e. The Kier molecular flexibility index (Phi) is 4.48. The van der Waals surface area contributed by atoms with E-state index in [1.807, 2.05) is 0 Å². The zero-order valence-corrected chi connectivity index (χ0v) is 11.5. The first-order valence-electron chi connectivity index (χ1n) is 7.45. The van der Waals surface area contributed by atoms with E-state index in [2.05, 4.69) is 19.2 Å². The second-order valence-corrected chi connectivity index (χ2v) is 6.96. The van der Waals surface area contributed by atoms with Crippen molar-refractivity contribution in [1.82, 2.24) is 5.32 Å². The molecule has 2 heteroatoms. The molecule has 2 saturated carbocycles. The number of nitrogens with one attached hydrogen (secondary N) is 1. The number of aliphatic hydroxyl groups excluding tert-OH is 1. The summed E-state index contributed by atoms with van der Waals surface area (Å²) in [5.41, 5.74) is 0.544. The molecule has 0 heterocycles. The van der Waals surface area contributed by atoms with Crippen molar-refractivity contribution >= 4 is 0 Å². The third kappa shape index (κ3) is 4.26. The SMILES string of the molecule is CC1(C)CCC(C(CO)CCNC2CC2)CC1. The van der Waals surface area contributed by atoms with Gasteiger partial charge < -0.3 is 10.4 Å². The van der Waals surface area contributed by atoms with Crippen molar-refractivity contribution in [3.05, 3.63) is 0 Å². The van der Waals surface area contributed by atoms with E-state index in [0.29, 0.717) is 17.9 Å². The average Bonchev–Trinajstić information content (AvgIpc) is 3.09. The van der Waals surface area contributed by atoms with Gasteiger partial charge in [-0.1, -0.05) is 13.8 Å². The highest BCUT2D eigenvalue weighted by Gasteiger charge is 2.31. The first kappa shape index (κ1) is 13.4. The van der Waals surface area contributed by atoms with Gasteiger partial charge in [0.05, 0.1) is 0 Å². The van der Waals surface area contributed by atoms with E-state index in [1.165, 1.54) is 38.5 Å². The molecule has 0 spiro atoms. The van der Waals surface area contributed by atoms with E-state index in [4.69, 9.17) is 0 Å². The van der Waals surface area contributed by atoms with Gasteiger partial charge in [0.25, 0.3) is 0 Å². The van der Waals surface area contributed by atoms with Crippen LogP contribution in [0, 0.1) is 17.3 Å². The van der Waals surface area contributed by atoms with E-state index in [-0.39, 0.29) is 0 Å². The Morgan fingerprint density at radius 1 is 1.18 bits per heavy atom. The molecule has 100 valence electrons. The summed E-state index contributed by atoms with van der Waals surface area (Å²) in [6, 6.07) is 0.805. The summed E-state index contributed by atoms with van der Waals surface area (Å²) in [7, 11) is 0. The molecule has 17 heavy (non-hydrogen) atoms. The number of hydrogen-bond donors (Lipinski definition) is 2. The molecule has 2 aliphatic carbocycles. The molecule has 2 N–H and O–H groups in total. The van der Waals surface area contributed by atoms with Gasteiger partial charge in [0.1, 0.15) is 0 Å². The maximum absolute atomic E-state index is 9.56. The molecule has 2 rings (SSSR count). The topological polar surface area (TPSA) is 32.3 Å². The first-order chi connectivity index (χ1) is 8.11. The molecule has 0 aromatic rings. The van der Waals surface area contributed by atoms with E-state index in [9.17, 15) is 5.11 Å². The van der Waals surface area contributed by atoms with E-state index in [1.54, 1.807) is 0 Å². The second-order valence-electron chi connectivity index (χ2n) is 6.96. The summed E-state index contributed by atoms with van der Waals surface area (Å²) in [6.07, 6.45) is 9.21. The van der Waals surface area contributed by atoms with Crippen molar-refractivity contribution in [1.29, 1.82) is 0 Å². The van der Waals surface area contributed by atoms with Gasteiger partial charge in [0.15, 0.2) is 0 Å². The normalized spacial score (nSPS) is 27.0. The third-order valence-electron chi connectivity index (χ3n) is 4.81. The Labute approximate surface area is 106 Å². The van der Waals surface area contributed by atoms with Crippen LogP contribution in [0.3, 0.4) is 0 Å². The lowest BCUT2D eigenvalue weighted by atomic mass is 9.69. The predicted octanol–water partition coefficient (Wildman–Crippen LogP) is 2.95. The van der Waals surface area contributed by atoms with Crippen LogP contribution in [-0.2, 0) is 0 Å². The minimum absolute atomic E-state index is 0.386. The standard InChI is InChI=1S/C15H29NO/c1-15(2)8-5-12(6-9-15)13(11-17)7-10-16-14-3-4-14/h12-14,16-17H,3-11H2,1-2H3. The van der Waals surface area contributed by atoms with Crippen molar-refractivity contribution in [2.45, 2.75) is 64.8 Å². The summed E-state index contributed by atoms with van der Waals surface area (Å²) in [5, 5.41) is 13.1. The molecule has 0 radical (unpaired) electrons. The summed E-state index contributed by atoms with van der Waals surface area (Å²) in [5.74, 6) is 1.31. The van der Waals surface area contributed by atoms with E-state index >= 15 is 0 Å². The van der Waals surface area contributed by atoms with Crippen LogP contribution < -0.4 is 5.32 Å². The quantitative estimate of drug-likeness (QED) is 0.747. The Morgan fingerprint density at radius 2 is 1.82 bits per heavy atom. The van der Waals surface area contributed by atoms with Crippen LogP contribution in [0.2, 0.25) is 0 Å². The molecule has 0 aromatic carbocycles. The molecule has 1 unspecified atom stereocenters. The van der Waals surface area contributed by atoms with Crippen LogP contribution in [0.5, 0.6) is 0 Å². The molecule has 0 saturated heterocycles. The van der Waals surface area contributed by atoms with Gasteiger partial charge in [-0.25, -0.2) is 0 Å². The molecule has 0 bridgehead atoms. The van der Waals surface area contributed by atoms with Gasteiger partial charge >= 0.3 is 0 Å². The lowest BCUT2D eigenvalue weighted by molar-refractivity contribution is 0.100. The number of hydrogen-bond acceptors (Lipinski definition) is 2. The molecule has 2 fully saturated rings. The summed E-state index contributed by atoms with van der Waals surface area (Å²) in [6.45, 7) is 6.25. The Hall–Kier alpha value is -0.0800. The molecule has 0 aromatic heterocycles. The Morgan fingerprint density at radius 3 is 2.35 bits per heavy atom. The van der Waals surface area contributed by atoms with Gasteiger partial charge in [-0.05, 0) is 68.7 Å². The monoisotopic (exact) mass is 239 g/mol. The fraction of sp³-hybridized carbons (Fsp3) is 1.00. The molecule has 1 atom stereocenters. The van der Waals surface area contributed by atoms with Gasteiger partial charge in [-0.3, -0.25) is 0 Å². The van der Waals surface area contributed by atoms with Gasteiger partial charge in [0, 0.05) is 12.6 Å². The van der Waals surface area contributed by atoms with E-state index < -0.39 is 0 Å². The summed E-state index contributed by atoms with van der Waals surface area (Å²) in [4.78, 5) is 0. The minimum Gasteiger partial charge on any atom is -0.396 e. The van der Waals surface area contributed by atoms with E-state index in [0.717, 1.165) is 24.9 Å². The number of aliphatic hydroxyl groups is 1. The Balaban J connectivity index is 1.69. The van der Waals surface area contributed by atoms with Crippen molar-refractivity contribution in [3.8, 4) is 0 Å². The van der Waals surface area contributed by atoms with Gasteiger partial charge in [-0.15, -0.1) is 0 Å². The van der Waals surface area contributed by atoms with Crippen LogP contribution in [0.1, 0.15) is 58.8 Å². The lowest BCUT2D eigenvalue weighted by Crippen LogP contribution is -2.30. The fourth-order valence-corrected chi connectivity index (χ4v) is 3.13. The van der Waals surface area contributed by atoms with Gasteiger partial charge in [0.2, 0.25) is 0 Å². The highest BCUT2D eigenvalue weighted by Crippen LogP contribution is 2.41.